The summed E-state index contributed by atoms with van der Waals surface area (Å²) in [7, 11) is 0. The number of aromatic hydroxyl groups is 1. The Balaban J connectivity index is 0.00000518. The van der Waals surface area contributed by atoms with Crippen molar-refractivity contribution in [1.82, 2.24) is 14.5 Å². The van der Waals surface area contributed by atoms with Crippen LogP contribution in [0.15, 0.2) is 140 Å². The van der Waals surface area contributed by atoms with E-state index in [-0.39, 0.29) is 42.7 Å². The second-order valence-corrected chi connectivity index (χ2v) is 21.5. The first kappa shape index (κ1) is 43.7. The third-order valence-electron chi connectivity index (χ3n) is 13.9. The first-order chi connectivity index (χ1) is 30.0. The summed E-state index contributed by atoms with van der Waals surface area (Å²) < 4.78 is 2.32. The van der Waals surface area contributed by atoms with Gasteiger partial charge in [0.15, 0.2) is 0 Å². The van der Waals surface area contributed by atoms with Crippen molar-refractivity contribution in [2.24, 2.45) is 5.92 Å². The zero-order valence-corrected chi connectivity index (χ0v) is 40.9. The van der Waals surface area contributed by atoms with Gasteiger partial charge in [0.25, 0.3) is 0 Å². The number of phenols is 1. The molecule has 0 atom stereocenters. The van der Waals surface area contributed by atoms with Gasteiger partial charge in [-0.1, -0.05) is 164 Å². The molecule has 3 fully saturated rings. The van der Waals surface area contributed by atoms with Crippen LogP contribution >= 0.6 is 0 Å². The van der Waals surface area contributed by atoms with E-state index in [4.69, 9.17) is 9.97 Å². The molecule has 5 heteroatoms. The molecule has 11 rings (SSSR count). The molecule has 1 N–H and O–H groups in total. The number of benzene rings is 6. The van der Waals surface area contributed by atoms with E-state index in [2.05, 4.69) is 200 Å². The Hall–Kier alpha value is -5.57. The van der Waals surface area contributed by atoms with Crippen molar-refractivity contribution in [3.63, 3.8) is 0 Å². The number of nitrogens with zero attached hydrogens (tertiary/aromatic N) is 3. The fraction of sp³-hybridized carbons (Fsp3) is 0.288. The maximum atomic E-state index is 12.6. The smallest absolute Gasteiger partial charge is 0.148 e. The van der Waals surface area contributed by atoms with Gasteiger partial charge in [-0.3, -0.25) is 9.55 Å². The van der Waals surface area contributed by atoms with Crippen molar-refractivity contribution in [3.05, 3.63) is 168 Å². The van der Waals surface area contributed by atoms with Crippen LogP contribution in [0.3, 0.4) is 0 Å². The Kier molecular flexibility index (Phi) is 10.8. The van der Waals surface area contributed by atoms with E-state index in [0.717, 1.165) is 84.2 Å². The first-order valence-electron chi connectivity index (χ1n) is 22.7. The van der Waals surface area contributed by atoms with E-state index in [9.17, 15) is 5.11 Å². The number of rotatable bonds is 7. The number of pyridine rings is 1. The zero-order chi connectivity index (χ0) is 44.1. The van der Waals surface area contributed by atoms with Crippen molar-refractivity contribution in [2.75, 3.05) is 0 Å². The number of para-hydroxylation sites is 1. The van der Waals surface area contributed by atoms with E-state index in [0.29, 0.717) is 5.75 Å². The zero-order valence-electron chi connectivity index (χ0n) is 38.6. The van der Waals surface area contributed by atoms with Crippen molar-refractivity contribution in [1.29, 1.82) is 0 Å². The standard InChI is InChI=1S/C59H58N3O.Pt/c1-56(2,3)43-23-24-51(47(31-43)39-19-14-11-15-20-39)62-52-22-16-21-46(53(52)61-55(62)48-32-45(59-34-37(35-59)36-59)33-49(54(48)63)58(7,8)9)41-27-42(29-44(28-41)57(4,5)6)50-30-40(25-26-60-50)38-17-12-10-13-18-38;/h10-26,28-33,37,63H,34-36H2,1-9H3;/q-1;. The normalized spacial score (nSPS) is 17.1. The Morgan fingerprint density at radius 2 is 1.25 bits per heavy atom. The molecule has 64 heavy (non-hydrogen) atoms. The van der Waals surface area contributed by atoms with Crippen LogP contribution in [0.2, 0.25) is 0 Å². The van der Waals surface area contributed by atoms with Crippen LogP contribution in [0.25, 0.3) is 72.7 Å². The Bertz CT molecular complexity index is 3030. The molecule has 0 amide bonds. The maximum Gasteiger partial charge on any atom is 0.148 e. The van der Waals surface area contributed by atoms with Gasteiger partial charge >= 0.3 is 0 Å². The summed E-state index contributed by atoms with van der Waals surface area (Å²) in [6.45, 7) is 20.2. The van der Waals surface area contributed by atoms with E-state index in [1.807, 2.05) is 12.3 Å². The number of phenolic OH excluding ortho intramolecular Hbond substituents is 1. The molecular weight excluding hydrogens is 962 g/mol. The SMILES string of the molecule is CC(C)(C)c1cc(-c2cc(-c3ccccc3)ccn2)[c-]c(-c2cccc3c2nc(-c2cc(C45CC(C4)C5)cc(C(C)(C)C)c2O)n3-c2ccc(C(C)(C)C)cc2-c2ccccc2)c1.[Pt]. The number of imidazole rings is 1. The predicted octanol–water partition coefficient (Wildman–Crippen LogP) is 15.2. The molecule has 0 unspecified atom stereocenters. The van der Waals surface area contributed by atoms with E-state index >= 15 is 0 Å². The van der Waals surface area contributed by atoms with Crippen molar-refractivity contribution in [2.45, 2.75) is 103 Å². The summed E-state index contributed by atoms with van der Waals surface area (Å²) in [6, 6.07) is 51.8. The van der Waals surface area contributed by atoms with Crippen molar-refractivity contribution in [3.8, 4) is 67.5 Å². The van der Waals surface area contributed by atoms with Crippen LogP contribution in [0, 0.1) is 12.0 Å². The van der Waals surface area contributed by atoms with Gasteiger partial charge in [-0.2, -0.15) is 0 Å². The molecule has 0 saturated heterocycles. The number of hydrogen-bond donors (Lipinski definition) is 1. The monoisotopic (exact) mass is 1020 g/mol. The van der Waals surface area contributed by atoms with Crippen LogP contribution in [0.4, 0.5) is 0 Å². The van der Waals surface area contributed by atoms with Gasteiger partial charge in [0.1, 0.15) is 11.6 Å². The second kappa shape index (κ2) is 15.8. The summed E-state index contributed by atoms with van der Waals surface area (Å²) in [4.78, 5) is 10.6. The molecule has 0 spiro atoms. The summed E-state index contributed by atoms with van der Waals surface area (Å²) in [5, 5.41) is 12.6. The van der Waals surface area contributed by atoms with Crippen molar-refractivity contribution < 1.29 is 26.2 Å². The van der Waals surface area contributed by atoms with Gasteiger partial charge in [0.05, 0.1) is 22.3 Å². The fourth-order valence-corrected chi connectivity index (χ4v) is 9.98. The molecule has 2 aromatic heterocycles. The van der Waals surface area contributed by atoms with Gasteiger partial charge in [-0.15, -0.1) is 29.3 Å². The largest absolute Gasteiger partial charge is 0.507 e. The molecule has 3 aliphatic carbocycles. The second-order valence-electron chi connectivity index (χ2n) is 21.5. The quantitative estimate of drug-likeness (QED) is 0.162. The Morgan fingerprint density at radius 3 is 1.88 bits per heavy atom. The van der Waals surface area contributed by atoms with Crippen LogP contribution in [-0.4, -0.2) is 19.6 Å². The maximum absolute atomic E-state index is 12.6. The molecule has 3 aliphatic rings. The van der Waals surface area contributed by atoms with Crippen LogP contribution in [0.1, 0.15) is 104 Å². The third-order valence-corrected chi connectivity index (χ3v) is 13.9. The van der Waals surface area contributed by atoms with Gasteiger partial charge in [0.2, 0.25) is 0 Å². The third kappa shape index (κ3) is 7.66. The minimum absolute atomic E-state index is 0. The van der Waals surface area contributed by atoms with Crippen molar-refractivity contribution >= 4 is 11.0 Å². The summed E-state index contributed by atoms with van der Waals surface area (Å²) in [6.07, 6.45) is 5.57. The van der Waals surface area contributed by atoms with Gasteiger partial charge in [-0.25, -0.2) is 4.98 Å². The fourth-order valence-electron chi connectivity index (χ4n) is 9.98. The van der Waals surface area contributed by atoms with Crippen LogP contribution in [-0.2, 0) is 42.7 Å². The minimum atomic E-state index is -0.283. The van der Waals surface area contributed by atoms with Gasteiger partial charge in [-0.05, 0) is 105 Å². The molecular formula is C59H58N3OPt-. The molecule has 2 heterocycles. The van der Waals surface area contributed by atoms with E-state index < -0.39 is 0 Å². The molecule has 8 aromatic rings. The average Bonchev–Trinajstić information content (AvgIpc) is 3.62. The first-order valence-corrected chi connectivity index (χ1v) is 22.7. The Labute approximate surface area is 394 Å². The number of fused-ring (bicyclic) bond motifs is 1. The molecule has 6 aromatic carbocycles. The number of hydrogen-bond acceptors (Lipinski definition) is 3. The van der Waals surface area contributed by atoms with Gasteiger partial charge < -0.3 is 5.11 Å². The predicted molar refractivity (Wildman–Crippen MR) is 262 cm³/mol. The molecule has 0 radical (unpaired) electrons. The molecule has 3 saturated carbocycles. The molecule has 0 aliphatic heterocycles. The summed E-state index contributed by atoms with van der Waals surface area (Å²) in [5.74, 6) is 1.86. The summed E-state index contributed by atoms with van der Waals surface area (Å²) in [5.41, 5.74) is 16.3. The molecule has 2 bridgehead atoms. The van der Waals surface area contributed by atoms with E-state index in [1.54, 1.807) is 0 Å². The van der Waals surface area contributed by atoms with Crippen LogP contribution in [0.5, 0.6) is 5.75 Å². The molecule has 326 valence electrons. The van der Waals surface area contributed by atoms with Gasteiger partial charge in [0, 0.05) is 44.1 Å². The minimum Gasteiger partial charge on any atom is -0.507 e. The summed E-state index contributed by atoms with van der Waals surface area (Å²) >= 11 is 0. The molecule has 4 nitrogen and oxygen atoms in total. The Morgan fingerprint density at radius 1 is 0.594 bits per heavy atom. The van der Waals surface area contributed by atoms with E-state index in [1.165, 1.54) is 36.0 Å². The topological polar surface area (TPSA) is 50.9 Å². The van der Waals surface area contributed by atoms with Crippen LogP contribution < -0.4 is 0 Å². The number of aromatic nitrogens is 3. The average molecular weight is 1020 g/mol.